The maximum atomic E-state index is 12.8. The summed E-state index contributed by atoms with van der Waals surface area (Å²) in [5.74, 6) is -0.661. The van der Waals surface area contributed by atoms with Crippen LogP contribution in [-0.2, 0) is 20.9 Å². The topological polar surface area (TPSA) is 68.7 Å². The van der Waals surface area contributed by atoms with Crippen LogP contribution in [0.5, 0.6) is 0 Å². The molecule has 1 aliphatic heterocycles. The molecule has 2 heterocycles. The number of carbonyl (C=O) groups is 2. The van der Waals surface area contributed by atoms with Crippen molar-refractivity contribution in [2.24, 2.45) is 0 Å². The Morgan fingerprint density at radius 2 is 1.81 bits per heavy atom. The number of aryl methyl sites for hydroxylation is 1. The van der Waals surface area contributed by atoms with Crippen LogP contribution >= 0.6 is 0 Å². The van der Waals surface area contributed by atoms with Crippen LogP contribution in [0, 0.1) is 6.92 Å². The van der Waals surface area contributed by atoms with Gasteiger partial charge in [0.1, 0.15) is 0 Å². The van der Waals surface area contributed by atoms with Gasteiger partial charge in [-0.25, -0.2) is 9.78 Å². The van der Waals surface area contributed by atoms with Crippen LogP contribution in [0.25, 0.3) is 10.9 Å². The molecule has 0 spiro atoms. The largest absolute Gasteiger partial charge is 0.452 e. The number of pyridine rings is 1. The molecule has 6 nitrogen and oxygen atoms in total. The van der Waals surface area contributed by atoms with Crippen molar-refractivity contribution in [2.45, 2.75) is 39.2 Å². The van der Waals surface area contributed by atoms with E-state index < -0.39 is 5.97 Å². The smallest absolute Gasteiger partial charge is 0.340 e. The number of carbonyl (C=O) groups excluding carboxylic acids is 2. The summed E-state index contributed by atoms with van der Waals surface area (Å²) in [6.45, 7) is 3.31. The summed E-state index contributed by atoms with van der Waals surface area (Å²) >= 11 is 0. The summed E-state index contributed by atoms with van der Waals surface area (Å²) in [5, 5.41) is 0.892. The third-order valence-corrected chi connectivity index (χ3v) is 5.00. The third kappa shape index (κ3) is 4.45. The highest BCUT2D eigenvalue weighted by Gasteiger charge is 2.22. The number of amides is 1. The second kappa shape index (κ2) is 8.95. The van der Waals surface area contributed by atoms with Gasteiger partial charge in [0.05, 0.1) is 23.4 Å². The van der Waals surface area contributed by atoms with Gasteiger partial charge in [-0.1, -0.05) is 31.0 Å². The summed E-state index contributed by atoms with van der Waals surface area (Å²) in [6, 6.07) is 7.64. The molecule has 1 amide bonds. The maximum absolute atomic E-state index is 12.8. The van der Waals surface area contributed by atoms with Crippen molar-refractivity contribution in [3.8, 4) is 0 Å². The first-order chi connectivity index (χ1) is 13.1. The zero-order chi connectivity index (χ0) is 19.2. The van der Waals surface area contributed by atoms with Crippen LogP contribution in [0.2, 0.25) is 0 Å². The fraction of sp³-hybridized carbons (Fsp3) is 0.476. The Morgan fingerprint density at radius 3 is 2.52 bits per heavy atom. The normalized spacial score (nSPS) is 14.8. The second-order valence-electron chi connectivity index (χ2n) is 6.88. The predicted molar refractivity (Wildman–Crippen MR) is 103 cm³/mol. The quantitative estimate of drug-likeness (QED) is 0.756. The van der Waals surface area contributed by atoms with E-state index in [0.717, 1.165) is 55.2 Å². The van der Waals surface area contributed by atoms with Gasteiger partial charge in [-0.3, -0.25) is 4.79 Å². The third-order valence-electron chi connectivity index (χ3n) is 5.00. The number of hydrogen-bond acceptors (Lipinski definition) is 5. The first-order valence-electron chi connectivity index (χ1n) is 9.44. The average Bonchev–Trinajstić information content (AvgIpc) is 2.96. The number of benzene rings is 1. The zero-order valence-corrected chi connectivity index (χ0v) is 16.0. The highest BCUT2D eigenvalue weighted by atomic mass is 16.5. The molecule has 3 rings (SSSR count). The molecular formula is C21H26N2O4. The second-order valence-corrected chi connectivity index (χ2v) is 6.88. The lowest BCUT2D eigenvalue weighted by Crippen LogP contribution is -2.35. The Morgan fingerprint density at radius 1 is 1.11 bits per heavy atom. The van der Waals surface area contributed by atoms with E-state index in [2.05, 4.69) is 4.98 Å². The van der Waals surface area contributed by atoms with Crippen molar-refractivity contribution in [3.63, 3.8) is 0 Å². The molecule has 1 aliphatic rings. The van der Waals surface area contributed by atoms with E-state index in [9.17, 15) is 9.59 Å². The van der Waals surface area contributed by atoms with Gasteiger partial charge in [0, 0.05) is 25.6 Å². The SMILES string of the molecule is COCc1nc2ccccc2c(C)c1C(=O)OCC(=O)N1CCCCCC1. The Bertz CT molecular complexity index is 826. The summed E-state index contributed by atoms with van der Waals surface area (Å²) in [6.07, 6.45) is 4.30. The van der Waals surface area contributed by atoms with Gasteiger partial charge in [0.2, 0.25) is 0 Å². The van der Waals surface area contributed by atoms with Gasteiger partial charge in [-0.15, -0.1) is 0 Å². The lowest BCUT2D eigenvalue weighted by Gasteiger charge is -2.20. The lowest BCUT2D eigenvalue weighted by molar-refractivity contribution is -0.134. The standard InChI is InChI=1S/C21H26N2O4/c1-15-16-9-5-6-10-17(16)22-18(13-26-2)20(15)21(25)27-14-19(24)23-11-7-3-4-8-12-23/h5-6,9-10H,3-4,7-8,11-14H2,1-2H3. The fourth-order valence-electron chi connectivity index (χ4n) is 3.56. The highest BCUT2D eigenvalue weighted by molar-refractivity contribution is 5.99. The minimum atomic E-state index is -0.527. The number of para-hydroxylation sites is 1. The van der Waals surface area contributed by atoms with E-state index in [4.69, 9.17) is 9.47 Å². The Labute approximate surface area is 159 Å². The van der Waals surface area contributed by atoms with E-state index in [1.54, 1.807) is 12.0 Å². The molecule has 0 unspecified atom stereocenters. The summed E-state index contributed by atoms with van der Waals surface area (Å²) in [4.78, 5) is 31.5. The first-order valence-corrected chi connectivity index (χ1v) is 9.44. The van der Waals surface area contributed by atoms with Gasteiger partial charge < -0.3 is 14.4 Å². The number of fused-ring (bicyclic) bond motifs is 1. The van der Waals surface area contributed by atoms with E-state index in [0.29, 0.717) is 11.3 Å². The molecule has 1 aromatic heterocycles. The number of methoxy groups -OCH3 is 1. The first kappa shape index (κ1) is 19.3. The van der Waals surface area contributed by atoms with Gasteiger partial charge >= 0.3 is 5.97 Å². The monoisotopic (exact) mass is 370 g/mol. The van der Waals surface area contributed by atoms with E-state index in [1.807, 2.05) is 31.2 Å². The van der Waals surface area contributed by atoms with Crippen LogP contribution in [-0.4, -0.2) is 48.6 Å². The van der Waals surface area contributed by atoms with Gasteiger partial charge in [-0.05, 0) is 31.4 Å². The molecule has 1 saturated heterocycles. The van der Waals surface area contributed by atoms with Gasteiger partial charge in [0.25, 0.3) is 5.91 Å². The molecule has 0 radical (unpaired) electrons. The molecule has 0 aliphatic carbocycles. The molecule has 144 valence electrons. The summed E-state index contributed by atoms with van der Waals surface area (Å²) in [5.41, 5.74) is 2.51. The Hall–Kier alpha value is -2.47. The molecule has 2 aromatic rings. The van der Waals surface area contributed by atoms with Crippen molar-refractivity contribution in [3.05, 3.63) is 41.1 Å². The van der Waals surface area contributed by atoms with Crippen LogP contribution in [0.3, 0.4) is 0 Å². The van der Waals surface area contributed by atoms with Crippen LogP contribution < -0.4 is 0 Å². The molecule has 0 atom stereocenters. The summed E-state index contributed by atoms with van der Waals surface area (Å²) < 4.78 is 10.6. The molecule has 0 saturated carbocycles. The molecule has 1 aromatic carbocycles. The van der Waals surface area contributed by atoms with Crippen LogP contribution in [0.1, 0.15) is 47.3 Å². The maximum Gasteiger partial charge on any atom is 0.340 e. The number of likely N-dealkylation sites (tertiary alicyclic amines) is 1. The van der Waals surface area contributed by atoms with Gasteiger partial charge in [0.15, 0.2) is 6.61 Å². The molecule has 0 N–H and O–H groups in total. The lowest BCUT2D eigenvalue weighted by atomic mass is 10.0. The fourth-order valence-corrected chi connectivity index (χ4v) is 3.56. The minimum absolute atomic E-state index is 0.134. The number of nitrogens with zero attached hydrogens (tertiary/aromatic N) is 2. The summed E-state index contributed by atoms with van der Waals surface area (Å²) in [7, 11) is 1.56. The number of hydrogen-bond donors (Lipinski definition) is 0. The average molecular weight is 370 g/mol. The van der Waals surface area contributed by atoms with Crippen molar-refractivity contribution >= 4 is 22.8 Å². The van der Waals surface area contributed by atoms with Crippen LogP contribution in [0.15, 0.2) is 24.3 Å². The van der Waals surface area contributed by atoms with Gasteiger partial charge in [-0.2, -0.15) is 0 Å². The Balaban J connectivity index is 1.79. The predicted octanol–water partition coefficient (Wildman–Crippen LogP) is 3.25. The van der Waals surface area contributed by atoms with Crippen molar-refractivity contribution < 1.29 is 19.1 Å². The molecule has 27 heavy (non-hydrogen) atoms. The van der Waals surface area contributed by atoms with E-state index >= 15 is 0 Å². The van der Waals surface area contributed by atoms with Crippen molar-refractivity contribution in [1.29, 1.82) is 0 Å². The van der Waals surface area contributed by atoms with E-state index in [-0.39, 0.29) is 19.1 Å². The van der Waals surface area contributed by atoms with Crippen molar-refractivity contribution in [2.75, 3.05) is 26.8 Å². The van der Waals surface area contributed by atoms with Crippen LogP contribution in [0.4, 0.5) is 0 Å². The molecule has 6 heteroatoms. The highest BCUT2D eigenvalue weighted by Crippen LogP contribution is 2.24. The number of rotatable bonds is 5. The molecular weight excluding hydrogens is 344 g/mol. The molecule has 1 fully saturated rings. The molecule has 0 bridgehead atoms. The number of aromatic nitrogens is 1. The zero-order valence-electron chi connectivity index (χ0n) is 16.0. The van der Waals surface area contributed by atoms with Crippen molar-refractivity contribution in [1.82, 2.24) is 9.88 Å². The van der Waals surface area contributed by atoms with E-state index in [1.165, 1.54) is 0 Å². The minimum Gasteiger partial charge on any atom is -0.452 e. The number of esters is 1. The number of ether oxygens (including phenoxy) is 2. The Kier molecular flexibility index (Phi) is 6.40.